The number of benzene rings is 1. The quantitative estimate of drug-likeness (QED) is 0.619. The summed E-state index contributed by atoms with van der Waals surface area (Å²) in [7, 11) is 1.73. The first-order valence-electron chi connectivity index (χ1n) is 8.93. The first-order valence-corrected chi connectivity index (χ1v) is 8.93. The van der Waals surface area contributed by atoms with Crippen molar-refractivity contribution in [1.29, 1.82) is 0 Å². The lowest BCUT2D eigenvalue weighted by Gasteiger charge is -2.11. The highest BCUT2D eigenvalue weighted by atomic mass is 16.1. The summed E-state index contributed by atoms with van der Waals surface area (Å²) >= 11 is 0. The van der Waals surface area contributed by atoms with Gasteiger partial charge in [-0.25, -0.2) is 14.8 Å². The Morgan fingerprint density at radius 2 is 2.00 bits per heavy atom. The van der Waals surface area contributed by atoms with Crippen LogP contribution < -0.4 is 5.69 Å². The maximum absolute atomic E-state index is 12.7. The number of imidazole rings is 1. The average molecular weight is 360 g/mol. The van der Waals surface area contributed by atoms with Crippen LogP contribution in [0, 0.1) is 0 Å². The lowest BCUT2D eigenvalue weighted by Crippen LogP contribution is -2.23. The van der Waals surface area contributed by atoms with Gasteiger partial charge in [0.1, 0.15) is 5.52 Å². The minimum Gasteiger partial charge on any atom is -0.292 e. The van der Waals surface area contributed by atoms with Crippen molar-refractivity contribution in [3.05, 3.63) is 83.5 Å². The van der Waals surface area contributed by atoms with Gasteiger partial charge in [0.25, 0.3) is 0 Å². The molecule has 2 aromatic heterocycles. The summed E-state index contributed by atoms with van der Waals surface area (Å²) in [6.07, 6.45) is 6.97. The molecule has 0 bridgehead atoms. The first kappa shape index (κ1) is 18.6. The van der Waals surface area contributed by atoms with E-state index in [9.17, 15) is 4.79 Å². The van der Waals surface area contributed by atoms with Crippen LogP contribution in [-0.4, -0.2) is 19.1 Å². The number of aryl methyl sites for hydroxylation is 1. The standard InChI is InChI=1S/C22H24N4O/c1-6-10-16(7-2)14-26-21-19(25(5)22(26)27)13-23-20(24-21)18-12-9-8-11-17(18)15(3)4/h6-13,15H,1-2,14H2,3-5H3/b16-10+. The van der Waals surface area contributed by atoms with Crippen LogP contribution in [0.1, 0.15) is 25.3 Å². The second kappa shape index (κ2) is 7.58. The summed E-state index contributed by atoms with van der Waals surface area (Å²) in [4.78, 5) is 22.0. The molecule has 0 atom stereocenters. The Morgan fingerprint density at radius 1 is 1.26 bits per heavy atom. The number of allylic oxidation sites excluding steroid dienone is 4. The van der Waals surface area contributed by atoms with E-state index >= 15 is 0 Å². The Labute approximate surface area is 159 Å². The van der Waals surface area contributed by atoms with Gasteiger partial charge in [-0.15, -0.1) is 0 Å². The second-order valence-electron chi connectivity index (χ2n) is 6.75. The van der Waals surface area contributed by atoms with Gasteiger partial charge < -0.3 is 0 Å². The van der Waals surface area contributed by atoms with Crippen molar-refractivity contribution in [2.75, 3.05) is 0 Å². The molecule has 0 fully saturated rings. The summed E-state index contributed by atoms with van der Waals surface area (Å²) < 4.78 is 3.22. The maximum Gasteiger partial charge on any atom is 0.330 e. The minimum atomic E-state index is -0.134. The Morgan fingerprint density at radius 3 is 2.67 bits per heavy atom. The molecule has 0 N–H and O–H groups in total. The molecule has 138 valence electrons. The SMILES string of the molecule is C=C/C=C(\C=C)Cn1c(=O)n(C)c2cnc(-c3ccccc3C(C)C)nc21. The zero-order chi connectivity index (χ0) is 19.6. The highest BCUT2D eigenvalue weighted by molar-refractivity contribution is 5.74. The molecule has 3 rings (SSSR count). The summed E-state index contributed by atoms with van der Waals surface area (Å²) in [5, 5.41) is 0. The van der Waals surface area contributed by atoms with Gasteiger partial charge in [-0.05, 0) is 17.1 Å². The third-order valence-electron chi connectivity index (χ3n) is 4.64. The van der Waals surface area contributed by atoms with E-state index in [-0.39, 0.29) is 5.69 Å². The molecule has 0 aliphatic rings. The van der Waals surface area contributed by atoms with Crippen molar-refractivity contribution in [2.24, 2.45) is 7.05 Å². The molecular weight excluding hydrogens is 336 g/mol. The molecule has 3 aromatic rings. The lowest BCUT2D eigenvalue weighted by molar-refractivity contribution is 0.731. The maximum atomic E-state index is 12.7. The number of hydrogen-bond acceptors (Lipinski definition) is 3. The van der Waals surface area contributed by atoms with E-state index < -0.39 is 0 Å². The molecule has 0 saturated carbocycles. The normalized spacial score (nSPS) is 11.9. The molecule has 1 aromatic carbocycles. The lowest BCUT2D eigenvalue weighted by atomic mass is 9.97. The number of nitrogens with zero attached hydrogens (tertiary/aromatic N) is 4. The van der Waals surface area contributed by atoms with Gasteiger partial charge in [-0.1, -0.05) is 69.5 Å². The zero-order valence-corrected chi connectivity index (χ0v) is 16.0. The molecule has 0 aliphatic heterocycles. The molecular formula is C22H24N4O. The third kappa shape index (κ3) is 3.40. The molecule has 0 spiro atoms. The van der Waals surface area contributed by atoms with Crippen molar-refractivity contribution >= 4 is 11.2 Å². The Hall–Kier alpha value is -3.21. The third-order valence-corrected chi connectivity index (χ3v) is 4.64. The predicted molar refractivity (Wildman–Crippen MR) is 111 cm³/mol. The molecule has 5 heteroatoms. The summed E-state index contributed by atoms with van der Waals surface area (Å²) in [6.45, 7) is 12.2. The molecule has 5 nitrogen and oxygen atoms in total. The number of fused-ring (bicyclic) bond motifs is 1. The predicted octanol–water partition coefficient (Wildman–Crippen LogP) is 4.22. The van der Waals surface area contributed by atoms with Crippen LogP contribution in [-0.2, 0) is 13.6 Å². The van der Waals surface area contributed by atoms with E-state index in [1.807, 2.05) is 24.3 Å². The van der Waals surface area contributed by atoms with Gasteiger partial charge in [-0.3, -0.25) is 9.13 Å². The van der Waals surface area contributed by atoms with E-state index in [1.54, 1.807) is 34.5 Å². The van der Waals surface area contributed by atoms with Crippen molar-refractivity contribution < 1.29 is 0 Å². The fourth-order valence-electron chi connectivity index (χ4n) is 3.17. The van der Waals surface area contributed by atoms with Crippen LogP contribution in [0.3, 0.4) is 0 Å². The fourth-order valence-corrected chi connectivity index (χ4v) is 3.17. The van der Waals surface area contributed by atoms with Crippen LogP contribution in [0.5, 0.6) is 0 Å². The Kier molecular flexibility index (Phi) is 5.21. The van der Waals surface area contributed by atoms with Crippen LogP contribution >= 0.6 is 0 Å². The largest absolute Gasteiger partial charge is 0.330 e. The van der Waals surface area contributed by atoms with Gasteiger partial charge in [0.15, 0.2) is 11.5 Å². The molecule has 0 unspecified atom stereocenters. The van der Waals surface area contributed by atoms with Crippen molar-refractivity contribution in [3.8, 4) is 11.4 Å². The number of hydrogen-bond donors (Lipinski definition) is 0. The van der Waals surface area contributed by atoms with E-state index in [4.69, 9.17) is 4.98 Å². The van der Waals surface area contributed by atoms with Crippen LogP contribution in [0.2, 0.25) is 0 Å². The number of aromatic nitrogens is 4. The molecule has 0 saturated heterocycles. The van der Waals surface area contributed by atoms with Gasteiger partial charge in [-0.2, -0.15) is 0 Å². The summed E-state index contributed by atoms with van der Waals surface area (Å²) in [5.74, 6) is 0.973. The Bertz CT molecular complexity index is 1100. The van der Waals surface area contributed by atoms with Gasteiger partial charge in [0, 0.05) is 12.6 Å². The smallest absolute Gasteiger partial charge is 0.292 e. The molecule has 27 heavy (non-hydrogen) atoms. The highest BCUT2D eigenvalue weighted by Crippen LogP contribution is 2.27. The van der Waals surface area contributed by atoms with E-state index in [0.717, 1.165) is 11.1 Å². The first-order chi connectivity index (χ1) is 13.0. The van der Waals surface area contributed by atoms with Crippen molar-refractivity contribution in [2.45, 2.75) is 26.3 Å². The van der Waals surface area contributed by atoms with Gasteiger partial charge in [0.2, 0.25) is 0 Å². The summed E-state index contributed by atoms with van der Waals surface area (Å²) in [6, 6.07) is 8.12. The topological polar surface area (TPSA) is 52.7 Å². The fraction of sp³-hybridized carbons (Fsp3) is 0.227. The van der Waals surface area contributed by atoms with Crippen LogP contribution in [0.15, 0.2) is 72.2 Å². The summed E-state index contributed by atoms with van der Waals surface area (Å²) in [5.41, 5.74) is 4.24. The highest BCUT2D eigenvalue weighted by Gasteiger charge is 2.16. The minimum absolute atomic E-state index is 0.134. The molecule has 2 heterocycles. The zero-order valence-electron chi connectivity index (χ0n) is 16.0. The Balaban J connectivity index is 2.22. The molecule has 0 amide bonds. The van der Waals surface area contributed by atoms with E-state index in [1.165, 1.54) is 5.56 Å². The number of rotatable bonds is 6. The van der Waals surface area contributed by atoms with Gasteiger partial charge in [0.05, 0.1) is 12.7 Å². The van der Waals surface area contributed by atoms with Crippen LogP contribution in [0.25, 0.3) is 22.6 Å². The monoisotopic (exact) mass is 360 g/mol. The molecule has 0 aliphatic carbocycles. The van der Waals surface area contributed by atoms with E-state index in [2.05, 4.69) is 38.1 Å². The second-order valence-corrected chi connectivity index (χ2v) is 6.75. The van der Waals surface area contributed by atoms with Crippen molar-refractivity contribution in [3.63, 3.8) is 0 Å². The van der Waals surface area contributed by atoms with Gasteiger partial charge >= 0.3 is 5.69 Å². The van der Waals surface area contributed by atoms with Crippen LogP contribution in [0.4, 0.5) is 0 Å². The van der Waals surface area contributed by atoms with E-state index in [0.29, 0.717) is 29.5 Å². The average Bonchev–Trinajstić information content (AvgIpc) is 2.91. The molecule has 0 radical (unpaired) electrons. The van der Waals surface area contributed by atoms with Crippen molar-refractivity contribution in [1.82, 2.24) is 19.1 Å².